The van der Waals surface area contributed by atoms with E-state index in [0.717, 1.165) is 35.7 Å². The van der Waals surface area contributed by atoms with E-state index in [2.05, 4.69) is 17.1 Å². The molecular weight excluding hydrogens is 634 g/mol. The van der Waals surface area contributed by atoms with Gasteiger partial charge in [0.2, 0.25) is 5.91 Å². The molecule has 1 N–H and O–H groups in total. The number of rotatable bonds is 7. The van der Waals surface area contributed by atoms with Gasteiger partial charge in [-0.25, -0.2) is 0 Å². The quantitative estimate of drug-likeness (QED) is 0.215. The lowest BCUT2D eigenvalue weighted by Gasteiger charge is -2.42. The molecule has 3 heterocycles. The van der Waals surface area contributed by atoms with Crippen molar-refractivity contribution >= 4 is 22.7 Å². The molecule has 2 aliphatic rings. The summed E-state index contributed by atoms with van der Waals surface area (Å²) in [5.74, 6) is -0.463. The molecule has 2 aliphatic heterocycles. The first-order valence-corrected chi connectivity index (χ1v) is 16.0. The second-order valence-electron chi connectivity index (χ2n) is 12.8. The van der Waals surface area contributed by atoms with E-state index in [-0.39, 0.29) is 44.6 Å². The van der Waals surface area contributed by atoms with Crippen LogP contribution in [0.15, 0.2) is 79.0 Å². The Morgan fingerprint density at radius 2 is 1.42 bits per heavy atom. The van der Waals surface area contributed by atoms with Crippen LogP contribution in [0.1, 0.15) is 45.5 Å². The van der Waals surface area contributed by atoms with Gasteiger partial charge in [0.25, 0.3) is 5.91 Å². The standard InChI is InChI=1S/C36H36F6N4O2/c37-35(38,39)28-17-26(18-29(20-28)36(40,41)42)34(48)46-15-14-44(22-30(46)19-27-21-43-32-9-5-4-8-31(27)32)23-33(47)45-12-10-25(11-13-45)16-24-6-2-1-3-7-24/h1-9,17-18,20-21,25,30,43H,10-16,19,22-23H2/t30-/m1/s1. The predicted octanol–water partition coefficient (Wildman–Crippen LogP) is 7.06. The molecule has 4 aromatic rings. The van der Waals surface area contributed by atoms with Gasteiger partial charge < -0.3 is 14.8 Å². The molecule has 2 saturated heterocycles. The van der Waals surface area contributed by atoms with Crippen LogP contribution in [0, 0.1) is 5.92 Å². The molecule has 6 nitrogen and oxygen atoms in total. The normalized spacial score (nSPS) is 18.4. The first kappa shape index (κ1) is 33.6. The number of aromatic nitrogens is 1. The largest absolute Gasteiger partial charge is 0.416 e. The first-order valence-electron chi connectivity index (χ1n) is 16.0. The molecule has 2 amide bonds. The van der Waals surface area contributed by atoms with Gasteiger partial charge in [-0.15, -0.1) is 0 Å². The van der Waals surface area contributed by atoms with E-state index in [1.54, 1.807) is 6.20 Å². The molecule has 254 valence electrons. The lowest BCUT2D eigenvalue weighted by molar-refractivity contribution is -0.143. The van der Waals surface area contributed by atoms with Gasteiger partial charge in [-0.1, -0.05) is 48.5 Å². The van der Waals surface area contributed by atoms with E-state index < -0.39 is 41.0 Å². The topological polar surface area (TPSA) is 59.7 Å². The van der Waals surface area contributed by atoms with Gasteiger partial charge in [-0.3, -0.25) is 14.5 Å². The second kappa shape index (κ2) is 13.7. The maximum Gasteiger partial charge on any atom is 0.416 e. The van der Waals surface area contributed by atoms with Gasteiger partial charge in [0.05, 0.1) is 17.7 Å². The summed E-state index contributed by atoms with van der Waals surface area (Å²) in [6, 6.07) is 18.1. The fourth-order valence-electron chi connectivity index (χ4n) is 6.93. The number of hydrogen-bond donors (Lipinski definition) is 1. The molecule has 3 aromatic carbocycles. The molecule has 6 rings (SSSR count). The zero-order chi connectivity index (χ0) is 34.1. The van der Waals surface area contributed by atoms with E-state index in [9.17, 15) is 35.9 Å². The average molecular weight is 671 g/mol. The molecule has 0 bridgehead atoms. The van der Waals surface area contributed by atoms with Crippen LogP contribution in [-0.4, -0.2) is 76.8 Å². The van der Waals surface area contributed by atoms with Gasteiger partial charge in [0.1, 0.15) is 0 Å². The zero-order valence-electron chi connectivity index (χ0n) is 26.2. The number of nitrogens with zero attached hydrogens (tertiary/aromatic N) is 3. The maximum absolute atomic E-state index is 13.8. The minimum atomic E-state index is -5.07. The highest BCUT2D eigenvalue weighted by Gasteiger charge is 2.39. The molecule has 0 aliphatic carbocycles. The highest BCUT2D eigenvalue weighted by atomic mass is 19.4. The van der Waals surface area contributed by atoms with Crippen LogP contribution in [0.5, 0.6) is 0 Å². The molecule has 1 aromatic heterocycles. The Bertz CT molecular complexity index is 1710. The van der Waals surface area contributed by atoms with Crippen molar-refractivity contribution in [3.8, 4) is 0 Å². The average Bonchev–Trinajstić information content (AvgIpc) is 3.47. The van der Waals surface area contributed by atoms with Gasteiger partial charge in [-0.2, -0.15) is 26.3 Å². The van der Waals surface area contributed by atoms with Crippen LogP contribution in [0.25, 0.3) is 10.9 Å². The zero-order valence-corrected chi connectivity index (χ0v) is 26.2. The summed E-state index contributed by atoms with van der Waals surface area (Å²) in [6.45, 7) is 1.91. The van der Waals surface area contributed by atoms with Crippen molar-refractivity contribution in [3.63, 3.8) is 0 Å². The smallest absolute Gasteiger partial charge is 0.361 e. The molecule has 0 unspecified atom stereocenters. The highest BCUT2D eigenvalue weighted by molar-refractivity contribution is 5.95. The molecule has 48 heavy (non-hydrogen) atoms. The number of fused-ring (bicyclic) bond motifs is 1. The van der Waals surface area contributed by atoms with E-state index in [4.69, 9.17) is 0 Å². The molecule has 0 saturated carbocycles. The summed E-state index contributed by atoms with van der Waals surface area (Å²) in [7, 11) is 0. The van der Waals surface area contributed by atoms with Crippen molar-refractivity contribution in [2.75, 3.05) is 39.3 Å². The number of aromatic amines is 1. The summed E-state index contributed by atoms with van der Waals surface area (Å²) in [5.41, 5.74) is -0.769. The third kappa shape index (κ3) is 7.69. The lowest BCUT2D eigenvalue weighted by atomic mass is 9.90. The fraction of sp³-hybridized carbons (Fsp3) is 0.389. The van der Waals surface area contributed by atoms with E-state index in [1.807, 2.05) is 52.3 Å². The number of likely N-dealkylation sites (tertiary alicyclic amines) is 1. The Morgan fingerprint density at radius 1 is 0.771 bits per heavy atom. The summed E-state index contributed by atoms with van der Waals surface area (Å²) >= 11 is 0. The van der Waals surface area contributed by atoms with Crippen molar-refractivity contribution in [3.05, 3.63) is 107 Å². The Labute approximate surface area is 274 Å². The molecule has 2 fully saturated rings. The Balaban J connectivity index is 1.19. The van der Waals surface area contributed by atoms with Crippen molar-refractivity contribution in [2.24, 2.45) is 5.92 Å². The Hall–Kier alpha value is -4.32. The number of benzene rings is 3. The molecule has 0 spiro atoms. The number of para-hydroxylation sites is 1. The number of alkyl halides is 6. The number of carbonyl (C=O) groups excluding carboxylic acids is 2. The summed E-state index contributed by atoms with van der Waals surface area (Å²) in [6.07, 6.45) is -5.32. The number of piperidine rings is 1. The van der Waals surface area contributed by atoms with Crippen molar-refractivity contribution in [1.29, 1.82) is 0 Å². The number of piperazine rings is 1. The van der Waals surface area contributed by atoms with Crippen LogP contribution < -0.4 is 0 Å². The summed E-state index contributed by atoms with van der Waals surface area (Å²) < 4.78 is 81.8. The van der Waals surface area contributed by atoms with Crippen LogP contribution in [0.2, 0.25) is 0 Å². The molecule has 0 radical (unpaired) electrons. The number of H-pyrrole nitrogens is 1. The minimum Gasteiger partial charge on any atom is -0.361 e. The highest BCUT2D eigenvalue weighted by Crippen LogP contribution is 2.37. The Morgan fingerprint density at radius 3 is 2.08 bits per heavy atom. The molecule has 12 heteroatoms. The predicted molar refractivity (Wildman–Crippen MR) is 169 cm³/mol. The third-order valence-electron chi connectivity index (χ3n) is 9.49. The van der Waals surface area contributed by atoms with Gasteiger partial charge >= 0.3 is 12.4 Å². The van der Waals surface area contributed by atoms with Gasteiger partial charge in [-0.05, 0) is 67.0 Å². The first-order chi connectivity index (χ1) is 22.8. The lowest BCUT2D eigenvalue weighted by Crippen LogP contribution is -2.57. The van der Waals surface area contributed by atoms with Crippen LogP contribution in [-0.2, 0) is 30.0 Å². The van der Waals surface area contributed by atoms with Crippen molar-refractivity contribution in [2.45, 2.75) is 44.1 Å². The van der Waals surface area contributed by atoms with Gasteiger partial charge in [0, 0.05) is 61.4 Å². The summed E-state index contributed by atoms with van der Waals surface area (Å²) in [4.78, 5) is 35.5. The number of halogens is 6. The van der Waals surface area contributed by atoms with E-state index >= 15 is 0 Å². The number of amides is 2. The van der Waals surface area contributed by atoms with E-state index in [1.165, 1.54) is 10.5 Å². The maximum atomic E-state index is 13.8. The Kier molecular flexibility index (Phi) is 9.55. The number of carbonyl (C=O) groups is 2. The monoisotopic (exact) mass is 670 g/mol. The van der Waals surface area contributed by atoms with E-state index in [0.29, 0.717) is 31.1 Å². The van der Waals surface area contributed by atoms with Crippen LogP contribution in [0.3, 0.4) is 0 Å². The summed E-state index contributed by atoms with van der Waals surface area (Å²) in [5, 5.41) is 0.898. The van der Waals surface area contributed by atoms with Gasteiger partial charge in [0.15, 0.2) is 0 Å². The second-order valence-corrected chi connectivity index (χ2v) is 12.8. The molecular formula is C36H36F6N4O2. The molecule has 1 atom stereocenters. The number of hydrogen-bond acceptors (Lipinski definition) is 3. The van der Waals surface area contributed by atoms with Crippen LogP contribution in [0.4, 0.5) is 26.3 Å². The fourth-order valence-corrected chi connectivity index (χ4v) is 6.93. The SMILES string of the molecule is O=C(CN1CCN(C(=O)c2cc(C(F)(F)F)cc(C(F)(F)F)c2)[C@H](Cc2c[nH]c3ccccc23)C1)N1CCC(Cc2ccccc2)CC1. The van der Waals surface area contributed by atoms with Crippen LogP contribution >= 0.6 is 0 Å². The number of nitrogens with one attached hydrogen (secondary N) is 1. The van der Waals surface area contributed by atoms with Crippen molar-refractivity contribution in [1.82, 2.24) is 19.7 Å². The minimum absolute atomic E-state index is 0.0221. The van der Waals surface area contributed by atoms with Crippen molar-refractivity contribution < 1.29 is 35.9 Å². The third-order valence-corrected chi connectivity index (χ3v) is 9.49.